The van der Waals surface area contributed by atoms with E-state index < -0.39 is 0 Å². The first-order valence-corrected chi connectivity index (χ1v) is 4.50. The van der Waals surface area contributed by atoms with E-state index in [1.54, 1.807) is 0 Å². The summed E-state index contributed by atoms with van der Waals surface area (Å²) in [7, 11) is 0. The van der Waals surface area contributed by atoms with Gasteiger partial charge in [-0.2, -0.15) is 0 Å². The first-order chi connectivity index (χ1) is 5.76. The van der Waals surface area contributed by atoms with Crippen molar-refractivity contribution < 1.29 is 1.43 Å². The van der Waals surface area contributed by atoms with Crippen molar-refractivity contribution in [1.29, 1.82) is 0 Å². The smallest absolute Gasteiger partial charge is 0.0180 e. The molecule has 0 aliphatic rings. The van der Waals surface area contributed by atoms with Crippen LogP contribution in [0.4, 0.5) is 0 Å². The second kappa shape index (κ2) is 6.86. The molecule has 0 unspecified atom stereocenters. The summed E-state index contributed by atoms with van der Waals surface area (Å²) >= 11 is 0. The maximum absolute atomic E-state index is 5.45. The Bertz CT molecular complexity index is 211. The van der Waals surface area contributed by atoms with Crippen molar-refractivity contribution in [2.24, 2.45) is 5.73 Å². The van der Waals surface area contributed by atoms with E-state index in [2.05, 4.69) is 32.9 Å². The van der Waals surface area contributed by atoms with Crippen LogP contribution in [0.2, 0.25) is 0 Å². The van der Waals surface area contributed by atoms with Gasteiger partial charge in [0.05, 0.1) is 0 Å². The fraction of sp³-hybridized carbons (Fsp3) is 0.455. The molecule has 0 aliphatic carbocycles. The number of rotatable bonds is 1. The van der Waals surface area contributed by atoms with Gasteiger partial charge >= 0.3 is 0 Å². The fourth-order valence-corrected chi connectivity index (χ4v) is 0.839. The second-order valence-corrected chi connectivity index (χ2v) is 2.84. The highest BCUT2D eigenvalue weighted by Gasteiger charge is 1.89. The standard InChI is InChI=1S/C8H11N.C3H8.H2/c1-7-4-2-3-5-8(7)6-9;1-3-2;/h2-5H,6,9H2,1H3;3H2,1-2H3;1H. The molecule has 0 aromatic heterocycles. The van der Waals surface area contributed by atoms with E-state index >= 15 is 0 Å². The van der Waals surface area contributed by atoms with Gasteiger partial charge in [-0.3, -0.25) is 0 Å². The quantitative estimate of drug-likeness (QED) is 0.683. The van der Waals surface area contributed by atoms with Gasteiger partial charge in [0.25, 0.3) is 0 Å². The molecule has 0 atom stereocenters. The molecule has 0 radical (unpaired) electrons. The van der Waals surface area contributed by atoms with Crippen LogP contribution in [0.15, 0.2) is 24.3 Å². The Hall–Kier alpha value is -0.820. The third-order valence-electron chi connectivity index (χ3n) is 1.48. The van der Waals surface area contributed by atoms with Crippen molar-refractivity contribution in [1.82, 2.24) is 0 Å². The molecule has 1 aromatic carbocycles. The molecule has 1 rings (SSSR count). The van der Waals surface area contributed by atoms with E-state index in [9.17, 15) is 0 Å². The number of benzene rings is 1. The minimum atomic E-state index is 0. The van der Waals surface area contributed by atoms with Crippen molar-refractivity contribution >= 4 is 0 Å². The Morgan fingerprint density at radius 2 is 1.75 bits per heavy atom. The molecule has 0 saturated heterocycles. The van der Waals surface area contributed by atoms with Gasteiger partial charge in [0, 0.05) is 7.97 Å². The molecule has 1 aromatic rings. The summed E-state index contributed by atoms with van der Waals surface area (Å²) in [6.07, 6.45) is 1.25. The Morgan fingerprint density at radius 1 is 1.25 bits per heavy atom. The van der Waals surface area contributed by atoms with E-state index in [1.165, 1.54) is 17.5 Å². The zero-order valence-electron chi connectivity index (χ0n) is 8.30. The number of hydrogen-bond donors (Lipinski definition) is 1. The first-order valence-electron chi connectivity index (χ1n) is 4.50. The molecule has 1 nitrogen and oxygen atoms in total. The highest BCUT2D eigenvalue weighted by Crippen LogP contribution is 2.04. The van der Waals surface area contributed by atoms with Gasteiger partial charge in [-0.05, 0) is 18.1 Å². The van der Waals surface area contributed by atoms with Crippen molar-refractivity contribution in [2.45, 2.75) is 33.7 Å². The lowest BCUT2D eigenvalue weighted by Crippen LogP contribution is -1.97. The van der Waals surface area contributed by atoms with E-state index in [4.69, 9.17) is 5.73 Å². The zero-order valence-corrected chi connectivity index (χ0v) is 8.30. The maximum atomic E-state index is 5.45. The van der Waals surface area contributed by atoms with Crippen LogP contribution in [0.5, 0.6) is 0 Å². The Labute approximate surface area is 77.1 Å². The molecule has 0 bridgehead atoms. The third kappa shape index (κ3) is 4.14. The molecule has 0 saturated carbocycles. The van der Waals surface area contributed by atoms with Crippen molar-refractivity contribution in [3.8, 4) is 0 Å². The third-order valence-corrected chi connectivity index (χ3v) is 1.48. The molecule has 1 heteroatoms. The minimum Gasteiger partial charge on any atom is -0.326 e. The lowest BCUT2D eigenvalue weighted by molar-refractivity contribution is 1.05. The SMILES string of the molecule is CCC.Cc1ccccc1CN.[HH]. The molecule has 70 valence electrons. The Balaban J connectivity index is 0. The average molecular weight is 167 g/mol. The summed E-state index contributed by atoms with van der Waals surface area (Å²) in [5, 5.41) is 0. The lowest BCUT2D eigenvalue weighted by atomic mass is 10.1. The predicted molar refractivity (Wildman–Crippen MR) is 57.1 cm³/mol. The van der Waals surface area contributed by atoms with Gasteiger partial charge in [0.15, 0.2) is 0 Å². The Kier molecular flexibility index (Phi) is 6.39. The molecule has 12 heavy (non-hydrogen) atoms. The highest BCUT2D eigenvalue weighted by atomic mass is 14.5. The Morgan fingerprint density at radius 3 is 2.08 bits per heavy atom. The van der Waals surface area contributed by atoms with Crippen LogP contribution in [-0.4, -0.2) is 0 Å². The summed E-state index contributed by atoms with van der Waals surface area (Å²) < 4.78 is 0. The highest BCUT2D eigenvalue weighted by molar-refractivity contribution is 5.24. The van der Waals surface area contributed by atoms with Gasteiger partial charge in [-0.25, -0.2) is 0 Å². The molecule has 0 spiro atoms. The van der Waals surface area contributed by atoms with Crippen LogP contribution in [0.3, 0.4) is 0 Å². The van der Waals surface area contributed by atoms with Crippen molar-refractivity contribution in [3.63, 3.8) is 0 Å². The number of hydrogen-bond acceptors (Lipinski definition) is 1. The van der Waals surface area contributed by atoms with Crippen LogP contribution >= 0.6 is 0 Å². The average Bonchev–Trinajstić information content (AvgIpc) is 2.07. The molecule has 0 fully saturated rings. The summed E-state index contributed by atoms with van der Waals surface area (Å²) in [4.78, 5) is 0. The molecule has 2 N–H and O–H groups in total. The molecular weight excluding hydrogens is 146 g/mol. The van der Waals surface area contributed by atoms with Crippen LogP contribution < -0.4 is 5.73 Å². The van der Waals surface area contributed by atoms with Crippen LogP contribution in [0.1, 0.15) is 32.8 Å². The fourth-order valence-electron chi connectivity index (χ4n) is 0.839. The van der Waals surface area contributed by atoms with Crippen molar-refractivity contribution in [2.75, 3.05) is 0 Å². The topological polar surface area (TPSA) is 26.0 Å². The monoisotopic (exact) mass is 167 g/mol. The number of aryl methyl sites for hydroxylation is 1. The number of nitrogens with two attached hydrogens (primary N) is 1. The normalized spacial score (nSPS) is 8.67. The van der Waals surface area contributed by atoms with Gasteiger partial charge in [-0.15, -0.1) is 0 Å². The van der Waals surface area contributed by atoms with Gasteiger partial charge in [-0.1, -0.05) is 44.5 Å². The van der Waals surface area contributed by atoms with Gasteiger partial charge < -0.3 is 5.73 Å². The lowest BCUT2D eigenvalue weighted by Gasteiger charge is -1.98. The van der Waals surface area contributed by atoms with E-state index in [0.717, 1.165) is 0 Å². The molecule has 0 heterocycles. The predicted octanol–water partition coefficient (Wildman–Crippen LogP) is 3.12. The largest absolute Gasteiger partial charge is 0.326 e. The summed E-state index contributed by atoms with van der Waals surface area (Å²) in [6, 6.07) is 8.15. The van der Waals surface area contributed by atoms with Gasteiger partial charge in [0.2, 0.25) is 0 Å². The second-order valence-electron chi connectivity index (χ2n) is 2.84. The van der Waals surface area contributed by atoms with E-state index in [1.807, 2.05) is 12.1 Å². The van der Waals surface area contributed by atoms with Gasteiger partial charge in [0.1, 0.15) is 0 Å². The minimum absolute atomic E-state index is 0. The molecular formula is C11H21N. The van der Waals surface area contributed by atoms with Crippen LogP contribution in [0.25, 0.3) is 0 Å². The van der Waals surface area contributed by atoms with Crippen LogP contribution in [-0.2, 0) is 6.54 Å². The molecule has 0 amide bonds. The molecule has 0 aliphatic heterocycles. The van der Waals surface area contributed by atoms with E-state index in [0.29, 0.717) is 6.54 Å². The summed E-state index contributed by atoms with van der Waals surface area (Å²) in [6.45, 7) is 6.97. The van der Waals surface area contributed by atoms with E-state index in [-0.39, 0.29) is 1.43 Å². The summed E-state index contributed by atoms with van der Waals surface area (Å²) in [5.74, 6) is 0. The summed E-state index contributed by atoms with van der Waals surface area (Å²) in [5.41, 5.74) is 7.96. The maximum Gasteiger partial charge on any atom is 0.0180 e. The first kappa shape index (κ1) is 11.2. The van der Waals surface area contributed by atoms with Crippen LogP contribution in [0, 0.1) is 6.92 Å². The van der Waals surface area contributed by atoms with Crippen molar-refractivity contribution in [3.05, 3.63) is 35.4 Å². The zero-order chi connectivity index (χ0) is 9.40.